The third-order valence-electron chi connectivity index (χ3n) is 2.58. The molecule has 0 bridgehead atoms. The smallest absolute Gasteiger partial charge is 0.337 e. The number of carboxylic acid groups (broad SMARTS) is 1. The lowest BCUT2D eigenvalue weighted by Crippen LogP contribution is -2.06. The number of aromatic carboxylic acids is 1. The molecule has 90 valence electrons. The van der Waals surface area contributed by atoms with Gasteiger partial charge in [-0.3, -0.25) is 4.79 Å². The number of ketones is 1. The van der Waals surface area contributed by atoms with Gasteiger partial charge in [0.1, 0.15) is 0 Å². The van der Waals surface area contributed by atoms with Gasteiger partial charge in [-0.15, -0.1) is 0 Å². The van der Waals surface area contributed by atoms with Crippen molar-refractivity contribution >= 4 is 17.4 Å². The highest BCUT2D eigenvalue weighted by molar-refractivity contribution is 6.10. The van der Waals surface area contributed by atoms with E-state index in [1.807, 2.05) is 6.07 Å². The highest BCUT2D eigenvalue weighted by atomic mass is 16.4. The van der Waals surface area contributed by atoms with Crippen molar-refractivity contribution in [2.75, 3.05) is 5.73 Å². The van der Waals surface area contributed by atoms with E-state index >= 15 is 0 Å². The van der Waals surface area contributed by atoms with Crippen molar-refractivity contribution in [3.05, 3.63) is 65.2 Å². The first kappa shape index (κ1) is 11.9. The van der Waals surface area contributed by atoms with Crippen LogP contribution in [0.25, 0.3) is 0 Å². The number of benzene rings is 2. The van der Waals surface area contributed by atoms with Crippen molar-refractivity contribution in [2.24, 2.45) is 0 Å². The van der Waals surface area contributed by atoms with E-state index in [1.165, 1.54) is 18.2 Å². The van der Waals surface area contributed by atoms with Crippen LogP contribution in [0.3, 0.4) is 0 Å². The van der Waals surface area contributed by atoms with Crippen LogP contribution in [-0.4, -0.2) is 16.9 Å². The van der Waals surface area contributed by atoms with E-state index in [0.29, 0.717) is 11.1 Å². The van der Waals surface area contributed by atoms with Gasteiger partial charge in [0.2, 0.25) is 0 Å². The Morgan fingerprint density at radius 1 is 0.944 bits per heavy atom. The molecule has 0 aliphatic heterocycles. The van der Waals surface area contributed by atoms with E-state index in [9.17, 15) is 9.59 Å². The molecule has 0 radical (unpaired) electrons. The molecule has 0 fully saturated rings. The summed E-state index contributed by atoms with van der Waals surface area (Å²) in [5.74, 6) is -1.29. The van der Waals surface area contributed by atoms with Gasteiger partial charge < -0.3 is 10.8 Å². The number of carbonyl (C=O) groups is 2. The van der Waals surface area contributed by atoms with Crippen LogP contribution in [-0.2, 0) is 0 Å². The quantitative estimate of drug-likeness (QED) is 0.637. The summed E-state index contributed by atoms with van der Waals surface area (Å²) in [7, 11) is 0. The second-order valence-electron chi connectivity index (χ2n) is 3.80. The molecule has 0 saturated carbocycles. The zero-order valence-corrected chi connectivity index (χ0v) is 9.46. The van der Waals surface area contributed by atoms with Crippen LogP contribution in [0.4, 0.5) is 5.69 Å². The van der Waals surface area contributed by atoms with Gasteiger partial charge in [-0.1, -0.05) is 36.4 Å². The molecule has 2 aromatic carbocycles. The summed E-state index contributed by atoms with van der Waals surface area (Å²) in [4.78, 5) is 22.9. The van der Waals surface area contributed by atoms with Crippen LogP contribution in [0.1, 0.15) is 26.3 Å². The Morgan fingerprint density at radius 2 is 1.61 bits per heavy atom. The van der Waals surface area contributed by atoms with E-state index in [1.54, 1.807) is 24.3 Å². The number of carboxylic acids is 1. The monoisotopic (exact) mass is 241 g/mol. The highest BCUT2D eigenvalue weighted by Gasteiger charge is 2.13. The van der Waals surface area contributed by atoms with E-state index in [-0.39, 0.29) is 17.0 Å². The Labute approximate surface area is 104 Å². The maximum Gasteiger partial charge on any atom is 0.337 e. The van der Waals surface area contributed by atoms with E-state index in [0.717, 1.165) is 0 Å². The predicted molar refractivity (Wildman–Crippen MR) is 67.7 cm³/mol. The summed E-state index contributed by atoms with van der Waals surface area (Å²) in [6.45, 7) is 0. The summed E-state index contributed by atoms with van der Waals surface area (Å²) in [5.41, 5.74) is 6.61. The number of nitrogen functional groups attached to an aromatic ring is 1. The molecule has 0 atom stereocenters. The molecule has 2 aromatic rings. The van der Waals surface area contributed by atoms with E-state index in [2.05, 4.69) is 0 Å². The Balaban J connectivity index is 2.39. The number of rotatable bonds is 3. The molecular formula is C14H11NO3. The first-order valence-electron chi connectivity index (χ1n) is 5.32. The van der Waals surface area contributed by atoms with Gasteiger partial charge in [-0.05, 0) is 12.1 Å². The fourth-order valence-corrected chi connectivity index (χ4v) is 1.65. The summed E-state index contributed by atoms with van der Waals surface area (Å²) in [6, 6.07) is 12.9. The van der Waals surface area contributed by atoms with Crippen LogP contribution in [0.2, 0.25) is 0 Å². The largest absolute Gasteiger partial charge is 0.478 e. The molecule has 0 saturated heterocycles. The maximum absolute atomic E-state index is 12.1. The molecule has 0 aromatic heterocycles. The van der Waals surface area contributed by atoms with Gasteiger partial charge in [-0.2, -0.15) is 0 Å². The lowest BCUT2D eigenvalue weighted by atomic mass is 10.0. The van der Waals surface area contributed by atoms with Crippen LogP contribution in [0, 0.1) is 0 Å². The minimum absolute atomic E-state index is 0.000360. The Kier molecular flexibility index (Phi) is 3.10. The van der Waals surface area contributed by atoms with Crippen molar-refractivity contribution in [2.45, 2.75) is 0 Å². The second kappa shape index (κ2) is 4.71. The SMILES string of the molecule is Nc1cc(C(=O)c2ccccc2)ccc1C(=O)O. The van der Waals surface area contributed by atoms with Crippen molar-refractivity contribution in [3.8, 4) is 0 Å². The van der Waals surface area contributed by atoms with Crippen LogP contribution in [0.15, 0.2) is 48.5 Å². The Hall–Kier alpha value is -2.62. The Bertz CT molecular complexity index is 606. The Morgan fingerprint density at radius 3 is 2.17 bits per heavy atom. The van der Waals surface area contributed by atoms with Crippen molar-refractivity contribution in [3.63, 3.8) is 0 Å². The molecule has 0 amide bonds. The van der Waals surface area contributed by atoms with Crippen molar-refractivity contribution in [1.82, 2.24) is 0 Å². The molecule has 4 heteroatoms. The van der Waals surface area contributed by atoms with Crippen molar-refractivity contribution < 1.29 is 14.7 Å². The van der Waals surface area contributed by atoms with E-state index < -0.39 is 5.97 Å². The summed E-state index contributed by atoms with van der Waals surface area (Å²) < 4.78 is 0. The zero-order chi connectivity index (χ0) is 13.1. The summed E-state index contributed by atoms with van der Waals surface area (Å²) >= 11 is 0. The molecule has 0 aliphatic rings. The standard InChI is InChI=1S/C14H11NO3/c15-12-8-10(6-7-11(12)14(17)18)13(16)9-4-2-1-3-5-9/h1-8H,15H2,(H,17,18). The van der Waals surface area contributed by atoms with Crippen LogP contribution >= 0.6 is 0 Å². The zero-order valence-electron chi connectivity index (χ0n) is 9.46. The minimum atomic E-state index is -1.11. The van der Waals surface area contributed by atoms with Gasteiger partial charge in [0.25, 0.3) is 0 Å². The predicted octanol–water partition coefficient (Wildman–Crippen LogP) is 2.20. The van der Waals surface area contributed by atoms with Gasteiger partial charge in [0, 0.05) is 16.8 Å². The minimum Gasteiger partial charge on any atom is -0.478 e. The average Bonchev–Trinajstić information content (AvgIpc) is 2.38. The molecule has 3 N–H and O–H groups in total. The fourth-order valence-electron chi connectivity index (χ4n) is 1.65. The lowest BCUT2D eigenvalue weighted by Gasteiger charge is -2.04. The molecule has 0 heterocycles. The van der Waals surface area contributed by atoms with Crippen LogP contribution in [0.5, 0.6) is 0 Å². The van der Waals surface area contributed by atoms with E-state index in [4.69, 9.17) is 10.8 Å². The third-order valence-corrected chi connectivity index (χ3v) is 2.58. The summed E-state index contributed by atoms with van der Waals surface area (Å²) in [5, 5.41) is 8.85. The molecule has 4 nitrogen and oxygen atoms in total. The average molecular weight is 241 g/mol. The number of carbonyl (C=O) groups excluding carboxylic acids is 1. The van der Waals surface area contributed by atoms with Crippen LogP contribution < -0.4 is 5.73 Å². The molecule has 18 heavy (non-hydrogen) atoms. The van der Waals surface area contributed by atoms with Gasteiger partial charge in [-0.25, -0.2) is 4.79 Å². The molecular weight excluding hydrogens is 230 g/mol. The van der Waals surface area contributed by atoms with Gasteiger partial charge in [0.05, 0.1) is 5.56 Å². The highest BCUT2D eigenvalue weighted by Crippen LogP contribution is 2.17. The first-order valence-corrected chi connectivity index (χ1v) is 5.32. The summed E-state index contributed by atoms with van der Waals surface area (Å²) in [6.07, 6.45) is 0. The molecule has 0 unspecified atom stereocenters. The van der Waals surface area contributed by atoms with Gasteiger partial charge in [0.15, 0.2) is 5.78 Å². The number of hydrogen-bond donors (Lipinski definition) is 2. The van der Waals surface area contributed by atoms with Crippen molar-refractivity contribution in [1.29, 1.82) is 0 Å². The number of anilines is 1. The number of hydrogen-bond acceptors (Lipinski definition) is 3. The first-order chi connectivity index (χ1) is 8.59. The second-order valence-corrected chi connectivity index (χ2v) is 3.80. The topological polar surface area (TPSA) is 80.4 Å². The number of nitrogens with two attached hydrogens (primary N) is 1. The molecule has 0 aliphatic carbocycles. The fraction of sp³-hybridized carbons (Fsp3) is 0. The third kappa shape index (κ3) is 2.22. The molecule has 2 rings (SSSR count). The van der Waals surface area contributed by atoms with Gasteiger partial charge >= 0.3 is 5.97 Å². The normalized spacial score (nSPS) is 10.0. The maximum atomic E-state index is 12.1. The molecule has 0 spiro atoms. The lowest BCUT2D eigenvalue weighted by molar-refractivity contribution is 0.0697.